The molecule has 0 saturated carbocycles. The second-order valence-corrected chi connectivity index (χ2v) is 7.06. The van der Waals surface area contributed by atoms with E-state index in [1.165, 1.54) is 0 Å². The van der Waals surface area contributed by atoms with Gasteiger partial charge in [-0.25, -0.2) is 4.98 Å². The van der Waals surface area contributed by atoms with E-state index in [2.05, 4.69) is 25.1 Å². The van der Waals surface area contributed by atoms with E-state index in [-0.39, 0.29) is 5.92 Å². The molecule has 9 heteroatoms. The molecule has 5 rings (SSSR count). The second kappa shape index (κ2) is 7.67. The van der Waals surface area contributed by atoms with E-state index in [1.54, 1.807) is 25.7 Å². The van der Waals surface area contributed by atoms with Crippen LogP contribution in [-0.2, 0) is 6.54 Å². The fourth-order valence-electron chi connectivity index (χ4n) is 3.76. The molecule has 3 aromatic rings. The molecule has 4 heterocycles. The Morgan fingerprint density at radius 3 is 2.79 bits per heavy atom. The number of hydrogen-bond donors (Lipinski definition) is 0. The molecule has 1 aromatic carbocycles. The largest absolute Gasteiger partial charge is 0.496 e. The smallest absolute Gasteiger partial charge is 0.267 e. The number of hydrogen-bond acceptors (Lipinski definition) is 9. The summed E-state index contributed by atoms with van der Waals surface area (Å²) in [5.41, 5.74) is 1.66. The summed E-state index contributed by atoms with van der Waals surface area (Å²) in [7, 11) is 1.67. The van der Waals surface area contributed by atoms with Crippen LogP contribution in [0.25, 0.3) is 11.6 Å². The van der Waals surface area contributed by atoms with Crippen LogP contribution in [-0.4, -0.2) is 58.5 Å². The molecule has 0 unspecified atom stereocenters. The maximum Gasteiger partial charge on any atom is 0.267 e. The SMILES string of the molecule is COc1cc2c(cc1CN1CC[C@@H](c3nnc(-c4cnccn4)o3)C1)OCCO2. The van der Waals surface area contributed by atoms with Gasteiger partial charge in [-0.05, 0) is 19.0 Å². The monoisotopic (exact) mass is 395 g/mol. The molecular weight excluding hydrogens is 374 g/mol. The van der Waals surface area contributed by atoms with Gasteiger partial charge in [0, 0.05) is 37.1 Å². The van der Waals surface area contributed by atoms with Crippen LogP contribution in [0.1, 0.15) is 23.8 Å². The van der Waals surface area contributed by atoms with Crippen molar-refractivity contribution in [2.24, 2.45) is 0 Å². The molecule has 150 valence electrons. The Morgan fingerprint density at radius 2 is 2.00 bits per heavy atom. The van der Waals surface area contributed by atoms with Crippen molar-refractivity contribution in [3.63, 3.8) is 0 Å². The van der Waals surface area contributed by atoms with Gasteiger partial charge in [-0.2, -0.15) is 0 Å². The van der Waals surface area contributed by atoms with E-state index >= 15 is 0 Å². The van der Waals surface area contributed by atoms with Gasteiger partial charge in [-0.15, -0.1) is 10.2 Å². The number of methoxy groups -OCH3 is 1. The predicted molar refractivity (Wildman–Crippen MR) is 102 cm³/mol. The average Bonchev–Trinajstić information content (AvgIpc) is 3.43. The van der Waals surface area contributed by atoms with Crippen LogP contribution in [0.3, 0.4) is 0 Å². The van der Waals surface area contributed by atoms with Gasteiger partial charge in [0.05, 0.1) is 19.2 Å². The Bertz CT molecular complexity index is 994. The van der Waals surface area contributed by atoms with Crippen molar-refractivity contribution in [1.82, 2.24) is 25.1 Å². The lowest BCUT2D eigenvalue weighted by molar-refractivity contribution is 0.170. The Hall–Kier alpha value is -3.20. The van der Waals surface area contributed by atoms with Crippen LogP contribution in [0.5, 0.6) is 17.2 Å². The van der Waals surface area contributed by atoms with Crippen molar-refractivity contribution in [2.45, 2.75) is 18.9 Å². The van der Waals surface area contributed by atoms with Gasteiger partial charge in [-0.3, -0.25) is 9.88 Å². The molecule has 0 radical (unpaired) electrons. The van der Waals surface area contributed by atoms with E-state index in [9.17, 15) is 0 Å². The molecule has 1 saturated heterocycles. The number of likely N-dealkylation sites (tertiary alicyclic amines) is 1. The third-order valence-electron chi connectivity index (χ3n) is 5.18. The first-order valence-electron chi connectivity index (χ1n) is 9.59. The maximum atomic E-state index is 5.86. The Kier molecular flexibility index (Phi) is 4.73. The molecule has 9 nitrogen and oxygen atoms in total. The van der Waals surface area contributed by atoms with Crippen LogP contribution < -0.4 is 14.2 Å². The minimum Gasteiger partial charge on any atom is -0.496 e. The molecule has 29 heavy (non-hydrogen) atoms. The second-order valence-electron chi connectivity index (χ2n) is 7.06. The molecule has 0 bridgehead atoms. The van der Waals surface area contributed by atoms with Gasteiger partial charge in [-0.1, -0.05) is 0 Å². The van der Waals surface area contributed by atoms with Crippen LogP contribution in [0.4, 0.5) is 0 Å². The zero-order chi connectivity index (χ0) is 19.6. The van der Waals surface area contributed by atoms with Crippen LogP contribution in [0, 0.1) is 0 Å². The molecule has 2 aromatic heterocycles. The van der Waals surface area contributed by atoms with Gasteiger partial charge in [0.25, 0.3) is 5.89 Å². The summed E-state index contributed by atoms with van der Waals surface area (Å²) in [5.74, 6) is 3.55. The van der Waals surface area contributed by atoms with E-state index in [0.29, 0.717) is 30.7 Å². The van der Waals surface area contributed by atoms with Crippen molar-refractivity contribution in [3.05, 3.63) is 42.2 Å². The number of fused-ring (bicyclic) bond motifs is 1. The van der Waals surface area contributed by atoms with Gasteiger partial charge in [0.1, 0.15) is 24.7 Å². The summed E-state index contributed by atoms with van der Waals surface area (Å²) in [5, 5.41) is 8.36. The molecule has 2 aliphatic heterocycles. The summed E-state index contributed by atoms with van der Waals surface area (Å²) in [6.07, 6.45) is 5.79. The minimum atomic E-state index is 0.191. The molecule has 1 atom stereocenters. The minimum absolute atomic E-state index is 0.191. The van der Waals surface area contributed by atoms with E-state index in [4.69, 9.17) is 18.6 Å². The molecular formula is C20H21N5O4. The highest BCUT2D eigenvalue weighted by atomic mass is 16.6. The van der Waals surface area contributed by atoms with Crippen molar-refractivity contribution in [3.8, 4) is 28.8 Å². The first kappa shape index (κ1) is 17.9. The summed E-state index contributed by atoms with van der Waals surface area (Å²) < 4.78 is 22.8. The van der Waals surface area contributed by atoms with Gasteiger partial charge >= 0.3 is 0 Å². The average molecular weight is 395 g/mol. The van der Waals surface area contributed by atoms with E-state index in [0.717, 1.165) is 48.9 Å². The topological polar surface area (TPSA) is 95.6 Å². The third-order valence-corrected chi connectivity index (χ3v) is 5.18. The fraction of sp³-hybridized carbons (Fsp3) is 0.400. The summed E-state index contributed by atoms with van der Waals surface area (Å²) in [6.45, 7) is 3.65. The number of rotatable bonds is 5. The molecule has 1 fully saturated rings. The zero-order valence-corrected chi connectivity index (χ0v) is 16.1. The lowest BCUT2D eigenvalue weighted by Crippen LogP contribution is -2.21. The number of benzene rings is 1. The summed E-state index contributed by atoms with van der Waals surface area (Å²) >= 11 is 0. The summed E-state index contributed by atoms with van der Waals surface area (Å²) in [6, 6.07) is 3.92. The number of ether oxygens (including phenoxy) is 3. The molecule has 0 aliphatic carbocycles. The first-order chi connectivity index (χ1) is 14.3. The lowest BCUT2D eigenvalue weighted by atomic mass is 10.1. The van der Waals surface area contributed by atoms with E-state index < -0.39 is 0 Å². The molecule has 0 amide bonds. The zero-order valence-electron chi connectivity index (χ0n) is 16.1. The number of aromatic nitrogens is 4. The highest BCUT2D eigenvalue weighted by Gasteiger charge is 2.29. The van der Waals surface area contributed by atoms with Crippen LogP contribution in [0.2, 0.25) is 0 Å². The van der Waals surface area contributed by atoms with Crippen LogP contribution in [0.15, 0.2) is 35.1 Å². The quantitative estimate of drug-likeness (QED) is 0.645. The lowest BCUT2D eigenvalue weighted by Gasteiger charge is -2.22. The normalized spacial score (nSPS) is 18.7. The highest BCUT2D eigenvalue weighted by molar-refractivity contribution is 5.51. The Balaban J connectivity index is 1.29. The van der Waals surface area contributed by atoms with Crippen molar-refractivity contribution in [1.29, 1.82) is 0 Å². The Morgan fingerprint density at radius 1 is 1.14 bits per heavy atom. The highest BCUT2D eigenvalue weighted by Crippen LogP contribution is 2.38. The molecule has 0 spiro atoms. The summed E-state index contributed by atoms with van der Waals surface area (Å²) in [4.78, 5) is 10.6. The van der Waals surface area contributed by atoms with Crippen molar-refractivity contribution in [2.75, 3.05) is 33.4 Å². The molecule has 2 aliphatic rings. The van der Waals surface area contributed by atoms with Gasteiger partial charge in [0.15, 0.2) is 11.5 Å². The fourth-order valence-corrected chi connectivity index (χ4v) is 3.76. The standard InChI is InChI=1S/C20H21N5O4/c1-26-16-9-18-17(27-6-7-28-18)8-14(16)12-25-5-2-13(11-25)19-23-24-20(29-19)15-10-21-3-4-22-15/h3-4,8-10,13H,2,5-7,11-12H2,1H3/t13-/m1/s1. The van der Waals surface area contributed by atoms with Crippen LogP contribution >= 0.6 is 0 Å². The predicted octanol–water partition coefficient (Wildman–Crippen LogP) is 2.30. The van der Waals surface area contributed by atoms with E-state index in [1.807, 2.05) is 12.1 Å². The Labute approximate surface area is 167 Å². The molecule has 0 N–H and O–H groups in total. The van der Waals surface area contributed by atoms with Crippen molar-refractivity contribution >= 4 is 0 Å². The maximum absolute atomic E-state index is 5.86. The number of nitrogens with zero attached hydrogens (tertiary/aromatic N) is 5. The van der Waals surface area contributed by atoms with Gasteiger partial charge in [0.2, 0.25) is 5.89 Å². The third kappa shape index (κ3) is 3.61. The first-order valence-corrected chi connectivity index (χ1v) is 9.59. The van der Waals surface area contributed by atoms with Gasteiger partial charge < -0.3 is 18.6 Å². The van der Waals surface area contributed by atoms with Crippen molar-refractivity contribution < 1.29 is 18.6 Å².